The summed E-state index contributed by atoms with van der Waals surface area (Å²) < 4.78 is 12.3. The molecule has 0 unspecified atom stereocenters. The molecule has 0 saturated carbocycles. The Bertz CT molecular complexity index is 870. The largest absolute Gasteiger partial charge is 0.490 e. The van der Waals surface area contributed by atoms with E-state index < -0.39 is 4.92 Å². The molecule has 27 heavy (non-hydrogen) atoms. The van der Waals surface area contributed by atoms with E-state index in [1.807, 2.05) is 13.0 Å². The zero-order valence-corrected chi connectivity index (χ0v) is 16.9. The smallest absolute Gasteiger partial charge is 0.269 e. The minimum absolute atomic E-state index is 0.0142. The molecule has 142 valence electrons. The predicted molar refractivity (Wildman–Crippen MR) is 109 cm³/mol. The van der Waals surface area contributed by atoms with Gasteiger partial charge in [-0.05, 0) is 52.8 Å². The predicted octanol–water partition coefficient (Wildman–Crippen LogP) is 3.65. The van der Waals surface area contributed by atoms with Crippen LogP contribution >= 0.6 is 22.6 Å². The number of hydrogen-bond donors (Lipinski definition) is 1. The Morgan fingerprint density at radius 1 is 1.33 bits per heavy atom. The number of hydrazone groups is 1. The topological polar surface area (TPSA) is 103 Å². The number of carbonyl (C=O) groups excluding carboxylic acids is 1. The highest BCUT2D eigenvalue weighted by molar-refractivity contribution is 14.1. The second kappa shape index (κ2) is 9.86. The van der Waals surface area contributed by atoms with Gasteiger partial charge in [0, 0.05) is 19.1 Å². The summed E-state index contributed by atoms with van der Waals surface area (Å²) in [6, 6.07) is 9.86. The molecule has 2 aromatic carbocycles. The summed E-state index contributed by atoms with van der Waals surface area (Å²) in [5.41, 5.74) is 3.77. The van der Waals surface area contributed by atoms with Crippen LogP contribution in [0.1, 0.15) is 25.0 Å². The van der Waals surface area contributed by atoms with Crippen molar-refractivity contribution in [2.24, 2.45) is 5.10 Å². The highest BCUT2D eigenvalue weighted by Gasteiger charge is 2.13. The minimum Gasteiger partial charge on any atom is -0.490 e. The van der Waals surface area contributed by atoms with E-state index >= 15 is 0 Å². The number of halogens is 1. The van der Waals surface area contributed by atoms with Crippen LogP contribution in [0.15, 0.2) is 41.5 Å². The molecule has 2 rings (SSSR count). The Morgan fingerprint density at radius 3 is 2.78 bits per heavy atom. The molecular formula is C18H18IN3O5. The fourth-order valence-corrected chi connectivity index (χ4v) is 2.96. The van der Waals surface area contributed by atoms with Crippen molar-refractivity contribution in [2.45, 2.75) is 20.5 Å². The molecule has 0 radical (unpaired) electrons. The molecule has 1 amide bonds. The van der Waals surface area contributed by atoms with Gasteiger partial charge in [0.15, 0.2) is 11.5 Å². The van der Waals surface area contributed by atoms with Gasteiger partial charge in [0.1, 0.15) is 6.61 Å². The maximum Gasteiger partial charge on any atom is 0.269 e. The molecule has 0 aliphatic rings. The average molecular weight is 483 g/mol. The first-order chi connectivity index (χ1) is 12.9. The molecule has 0 aliphatic heterocycles. The van der Waals surface area contributed by atoms with E-state index in [9.17, 15) is 14.9 Å². The van der Waals surface area contributed by atoms with Crippen LogP contribution in [-0.2, 0) is 11.4 Å². The number of nitro groups is 1. The lowest BCUT2D eigenvalue weighted by Gasteiger charge is -2.14. The van der Waals surface area contributed by atoms with Gasteiger partial charge >= 0.3 is 0 Å². The average Bonchev–Trinajstić information content (AvgIpc) is 2.61. The Labute approximate surface area is 169 Å². The summed E-state index contributed by atoms with van der Waals surface area (Å²) in [5, 5.41) is 14.7. The Hall–Kier alpha value is -2.69. The first kappa shape index (κ1) is 20.6. The van der Waals surface area contributed by atoms with Crippen LogP contribution in [0.4, 0.5) is 5.69 Å². The number of nitrogens with one attached hydrogen (secondary N) is 1. The second-order valence-corrected chi connectivity index (χ2v) is 6.57. The number of non-ortho nitro benzene ring substituents is 1. The number of rotatable bonds is 8. The van der Waals surface area contributed by atoms with Gasteiger partial charge < -0.3 is 9.47 Å². The van der Waals surface area contributed by atoms with Gasteiger partial charge in [-0.25, -0.2) is 5.43 Å². The van der Waals surface area contributed by atoms with Gasteiger partial charge in [0.25, 0.3) is 5.69 Å². The Balaban J connectivity index is 2.22. The molecule has 0 saturated heterocycles. The molecule has 0 bridgehead atoms. The SMILES string of the molecule is CCOc1cc(/C=N\NC(C)=O)cc(I)c1OCc1cccc([N+](=O)[O-])c1. The third kappa shape index (κ3) is 6.20. The van der Waals surface area contributed by atoms with Crippen LogP contribution in [0.5, 0.6) is 11.5 Å². The summed E-state index contributed by atoms with van der Waals surface area (Å²) in [7, 11) is 0. The number of hydrogen-bond acceptors (Lipinski definition) is 6. The van der Waals surface area contributed by atoms with Gasteiger partial charge in [-0.3, -0.25) is 14.9 Å². The normalized spacial score (nSPS) is 10.6. The highest BCUT2D eigenvalue weighted by Crippen LogP contribution is 2.34. The van der Waals surface area contributed by atoms with E-state index in [0.717, 1.165) is 9.13 Å². The Morgan fingerprint density at radius 2 is 2.11 bits per heavy atom. The van der Waals surface area contributed by atoms with Crippen LogP contribution in [0.2, 0.25) is 0 Å². The fraction of sp³-hybridized carbons (Fsp3) is 0.222. The zero-order valence-electron chi connectivity index (χ0n) is 14.8. The van der Waals surface area contributed by atoms with Gasteiger partial charge in [-0.2, -0.15) is 5.10 Å². The molecule has 8 nitrogen and oxygen atoms in total. The van der Waals surface area contributed by atoms with Crippen molar-refractivity contribution >= 4 is 40.4 Å². The van der Waals surface area contributed by atoms with E-state index in [1.54, 1.807) is 18.2 Å². The van der Waals surface area contributed by atoms with Crippen molar-refractivity contribution < 1.29 is 19.2 Å². The summed E-state index contributed by atoms with van der Waals surface area (Å²) in [6.45, 7) is 3.83. The lowest BCUT2D eigenvalue weighted by atomic mass is 10.2. The summed E-state index contributed by atoms with van der Waals surface area (Å²) in [5.74, 6) is 0.808. The molecule has 2 aromatic rings. The number of nitro benzene ring substituents is 1. The standard InChI is InChI=1S/C18H18IN3O5/c1-3-26-17-9-14(10-20-21-12(2)23)8-16(19)18(17)27-11-13-5-4-6-15(7-13)22(24)25/h4-10H,3,11H2,1-2H3,(H,21,23)/b20-10-. The molecule has 0 heterocycles. The van der Waals surface area contributed by atoms with Gasteiger partial charge in [0.05, 0.1) is 21.3 Å². The summed E-state index contributed by atoms with van der Waals surface area (Å²) in [6.07, 6.45) is 1.51. The molecule has 0 spiro atoms. The van der Waals surface area contributed by atoms with Crippen LogP contribution in [-0.4, -0.2) is 23.7 Å². The van der Waals surface area contributed by atoms with Gasteiger partial charge in [-0.15, -0.1) is 0 Å². The number of ether oxygens (including phenoxy) is 2. The number of nitrogens with zero attached hydrogens (tertiary/aromatic N) is 2. The van der Waals surface area contributed by atoms with Crippen LogP contribution in [0.3, 0.4) is 0 Å². The van der Waals surface area contributed by atoms with Gasteiger partial charge in [0.2, 0.25) is 5.91 Å². The minimum atomic E-state index is -0.442. The maximum absolute atomic E-state index is 10.9. The van der Waals surface area contributed by atoms with Crippen molar-refractivity contribution in [1.29, 1.82) is 0 Å². The first-order valence-corrected chi connectivity index (χ1v) is 9.10. The third-order valence-corrected chi connectivity index (χ3v) is 4.07. The third-order valence-electron chi connectivity index (χ3n) is 3.27. The van der Waals surface area contributed by atoms with Crippen molar-refractivity contribution in [2.75, 3.05) is 6.61 Å². The molecule has 0 fully saturated rings. The van der Waals surface area contributed by atoms with Crippen LogP contribution in [0, 0.1) is 13.7 Å². The van der Waals surface area contributed by atoms with E-state index in [0.29, 0.717) is 23.7 Å². The number of benzene rings is 2. The number of carbonyl (C=O) groups is 1. The summed E-state index contributed by atoms with van der Waals surface area (Å²) in [4.78, 5) is 21.3. The van der Waals surface area contributed by atoms with Crippen molar-refractivity contribution in [3.05, 3.63) is 61.2 Å². The monoisotopic (exact) mass is 483 g/mol. The molecule has 1 N–H and O–H groups in total. The highest BCUT2D eigenvalue weighted by atomic mass is 127. The Kier molecular flexibility index (Phi) is 7.53. The van der Waals surface area contributed by atoms with E-state index in [1.165, 1.54) is 25.3 Å². The maximum atomic E-state index is 10.9. The van der Waals surface area contributed by atoms with Crippen LogP contribution in [0.25, 0.3) is 0 Å². The number of amides is 1. The van der Waals surface area contributed by atoms with Crippen molar-refractivity contribution in [3.63, 3.8) is 0 Å². The molecular weight excluding hydrogens is 465 g/mol. The molecule has 9 heteroatoms. The van der Waals surface area contributed by atoms with Crippen molar-refractivity contribution in [3.8, 4) is 11.5 Å². The quantitative estimate of drug-likeness (QED) is 0.267. The van der Waals surface area contributed by atoms with Gasteiger partial charge in [-0.1, -0.05) is 12.1 Å². The second-order valence-electron chi connectivity index (χ2n) is 5.40. The molecule has 0 atom stereocenters. The lowest BCUT2D eigenvalue weighted by Crippen LogP contribution is -2.12. The summed E-state index contributed by atoms with van der Waals surface area (Å²) >= 11 is 2.11. The van der Waals surface area contributed by atoms with Crippen LogP contribution < -0.4 is 14.9 Å². The first-order valence-electron chi connectivity index (χ1n) is 8.02. The van der Waals surface area contributed by atoms with E-state index in [2.05, 4.69) is 33.1 Å². The molecule has 0 aliphatic carbocycles. The fourth-order valence-electron chi connectivity index (χ4n) is 2.18. The van der Waals surface area contributed by atoms with E-state index in [4.69, 9.17) is 9.47 Å². The zero-order chi connectivity index (χ0) is 19.8. The lowest BCUT2D eigenvalue weighted by molar-refractivity contribution is -0.384. The van der Waals surface area contributed by atoms with E-state index in [-0.39, 0.29) is 18.2 Å². The molecule has 0 aromatic heterocycles. The van der Waals surface area contributed by atoms with Crippen molar-refractivity contribution in [1.82, 2.24) is 5.43 Å².